The van der Waals surface area contributed by atoms with E-state index >= 15 is 0 Å². The van der Waals surface area contributed by atoms with E-state index in [4.69, 9.17) is 9.47 Å². The Morgan fingerprint density at radius 2 is 1.69 bits per heavy atom. The first-order valence-corrected chi connectivity index (χ1v) is 13.4. The average molecular weight is 479 g/mol. The number of carbonyl (C=O) groups is 1. The summed E-state index contributed by atoms with van der Waals surface area (Å²) in [5.74, 6) is 2.02. The number of rotatable bonds is 13. The van der Waals surface area contributed by atoms with E-state index in [1.54, 1.807) is 17.8 Å². The Labute approximate surface area is 194 Å². The Morgan fingerprint density at radius 1 is 0.906 bits per heavy atom. The summed E-state index contributed by atoms with van der Waals surface area (Å²) >= 11 is 1.79. The van der Waals surface area contributed by atoms with E-state index in [2.05, 4.69) is 22.2 Å². The zero-order chi connectivity index (χ0) is 22.7. The van der Waals surface area contributed by atoms with Crippen LogP contribution < -0.4 is 19.5 Å². The van der Waals surface area contributed by atoms with Crippen molar-refractivity contribution in [2.24, 2.45) is 0 Å². The second kappa shape index (κ2) is 12.7. The third-order valence-electron chi connectivity index (χ3n) is 4.85. The minimum absolute atomic E-state index is 0.0478. The number of nitrogens with one attached hydrogen (secondary N) is 2. The predicted octanol–water partition coefficient (Wildman–Crippen LogP) is 3.60. The van der Waals surface area contributed by atoms with Crippen molar-refractivity contribution >= 4 is 27.7 Å². The van der Waals surface area contributed by atoms with Gasteiger partial charge in [0.15, 0.2) is 11.5 Å². The van der Waals surface area contributed by atoms with Gasteiger partial charge in [-0.05, 0) is 49.3 Å². The van der Waals surface area contributed by atoms with Gasteiger partial charge in [0.05, 0.1) is 4.90 Å². The molecule has 3 rings (SSSR count). The Bertz CT molecular complexity index is 968. The minimum Gasteiger partial charge on any atom is -0.486 e. The van der Waals surface area contributed by atoms with Crippen molar-refractivity contribution in [1.29, 1.82) is 0 Å². The molecule has 0 aliphatic carbocycles. The molecule has 174 valence electrons. The lowest BCUT2D eigenvalue weighted by Crippen LogP contribution is -2.26. The lowest BCUT2D eigenvalue weighted by Gasteiger charge is -2.18. The van der Waals surface area contributed by atoms with E-state index in [0.29, 0.717) is 50.6 Å². The molecule has 2 aromatic rings. The number of fused-ring (bicyclic) bond motifs is 1. The largest absolute Gasteiger partial charge is 0.486 e. The predicted molar refractivity (Wildman–Crippen MR) is 126 cm³/mol. The number of amides is 1. The van der Waals surface area contributed by atoms with Crippen LogP contribution in [0.15, 0.2) is 58.3 Å². The summed E-state index contributed by atoms with van der Waals surface area (Å²) in [7, 11) is -3.60. The molecule has 1 heterocycles. The van der Waals surface area contributed by atoms with Crippen molar-refractivity contribution in [3.63, 3.8) is 0 Å². The quantitative estimate of drug-likeness (QED) is 0.338. The normalized spacial score (nSPS) is 13.0. The second-order valence-corrected chi connectivity index (χ2v) is 10.3. The molecule has 2 N–H and O–H groups in total. The summed E-state index contributed by atoms with van der Waals surface area (Å²) in [5.41, 5.74) is 0. The van der Waals surface area contributed by atoms with Gasteiger partial charge in [-0.3, -0.25) is 4.79 Å². The number of ether oxygens (including phenoxy) is 2. The molecule has 0 unspecified atom stereocenters. The second-order valence-electron chi connectivity index (χ2n) is 7.38. The highest BCUT2D eigenvalue weighted by Gasteiger charge is 2.18. The molecule has 0 bridgehead atoms. The van der Waals surface area contributed by atoms with Crippen LogP contribution in [0.5, 0.6) is 11.5 Å². The highest BCUT2D eigenvalue weighted by molar-refractivity contribution is 7.99. The first kappa shape index (κ1) is 24.4. The summed E-state index contributed by atoms with van der Waals surface area (Å²) in [6.07, 6.45) is 3.57. The van der Waals surface area contributed by atoms with Gasteiger partial charge in [0.2, 0.25) is 15.9 Å². The molecule has 7 nitrogen and oxygen atoms in total. The lowest BCUT2D eigenvalue weighted by atomic mass is 10.2. The maximum absolute atomic E-state index is 12.4. The van der Waals surface area contributed by atoms with E-state index in [0.717, 1.165) is 25.0 Å². The van der Waals surface area contributed by atoms with Crippen molar-refractivity contribution < 1.29 is 22.7 Å². The third kappa shape index (κ3) is 8.03. The highest BCUT2D eigenvalue weighted by atomic mass is 32.2. The average Bonchev–Trinajstić information content (AvgIpc) is 2.81. The smallest absolute Gasteiger partial charge is 0.240 e. The first-order valence-electron chi connectivity index (χ1n) is 10.9. The van der Waals surface area contributed by atoms with E-state index in [9.17, 15) is 13.2 Å². The fraction of sp³-hybridized carbons (Fsp3) is 0.435. The molecular formula is C23H30N2O5S2. The van der Waals surface area contributed by atoms with Crippen LogP contribution in [0.3, 0.4) is 0 Å². The van der Waals surface area contributed by atoms with Crippen molar-refractivity contribution in [3.05, 3.63) is 48.5 Å². The van der Waals surface area contributed by atoms with Gasteiger partial charge in [-0.15, -0.1) is 11.8 Å². The first-order chi connectivity index (χ1) is 15.5. The van der Waals surface area contributed by atoms with Gasteiger partial charge >= 0.3 is 0 Å². The molecule has 1 aliphatic rings. The summed E-state index contributed by atoms with van der Waals surface area (Å²) in [5, 5.41) is 2.94. The molecule has 1 aliphatic heterocycles. The Hall–Kier alpha value is -2.23. The molecule has 0 atom stereocenters. The number of carbonyl (C=O) groups excluding carboxylic acids is 1. The van der Waals surface area contributed by atoms with Gasteiger partial charge in [0.1, 0.15) is 13.2 Å². The number of sulfonamides is 1. The Kier molecular flexibility index (Phi) is 9.70. The van der Waals surface area contributed by atoms with Gasteiger partial charge in [0.25, 0.3) is 0 Å². The van der Waals surface area contributed by atoms with Gasteiger partial charge in [-0.25, -0.2) is 13.1 Å². The maximum atomic E-state index is 12.4. The highest BCUT2D eigenvalue weighted by Crippen LogP contribution is 2.32. The molecule has 0 saturated heterocycles. The molecule has 0 spiro atoms. The molecule has 0 radical (unpaired) electrons. The number of benzene rings is 2. The van der Waals surface area contributed by atoms with Crippen LogP contribution in [-0.4, -0.2) is 46.4 Å². The van der Waals surface area contributed by atoms with Crippen molar-refractivity contribution in [2.75, 3.05) is 32.1 Å². The van der Waals surface area contributed by atoms with E-state index in [-0.39, 0.29) is 10.8 Å². The van der Waals surface area contributed by atoms with Crippen LogP contribution in [0.25, 0.3) is 0 Å². The van der Waals surface area contributed by atoms with Gasteiger partial charge in [-0.1, -0.05) is 24.6 Å². The van der Waals surface area contributed by atoms with Crippen molar-refractivity contribution in [2.45, 2.75) is 41.9 Å². The zero-order valence-electron chi connectivity index (χ0n) is 18.0. The number of unbranched alkanes of at least 4 members (excludes halogenated alkanes) is 2. The standard InChI is InChI=1S/C23H30N2O5S2/c26-23(24-13-7-17-31-19-8-3-1-4-9-19)10-5-2-6-14-25-32(27,28)20-11-12-21-22(18-20)30-16-15-29-21/h1,3-4,8-9,11-12,18,25H,2,5-7,10,13-17H2,(H,24,26). The van der Waals surface area contributed by atoms with Crippen LogP contribution in [-0.2, 0) is 14.8 Å². The number of hydrogen-bond acceptors (Lipinski definition) is 6. The van der Waals surface area contributed by atoms with Gasteiger partial charge < -0.3 is 14.8 Å². The zero-order valence-corrected chi connectivity index (χ0v) is 19.7. The van der Waals surface area contributed by atoms with E-state index in [1.807, 2.05) is 18.2 Å². The molecule has 9 heteroatoms. The summed E-state index contributed by atoms with van der Waals surface area (Å²) in [6, 6.07) is 14.8. The molecule has 32 heavy (non-hydrogen) atoms. The van der Waals surface area contributed by atoms with Gasteiger partial charge in [0, 0.05) is 30.5 Å². The van der Waals surface area contributed by atoms with Crippen LogP contribution in [0.4, 0.5) is 0 Å². The number of thioether (sulfide) groups is 1. The van der Waals surface area contributed by atoms with Crippen LogP contribution in [0.2, 0.25) is 0 Å². The SMILES string of the molecule is O=C(CCCCCNS(=O)(=O)c1ccc2c(c1)OCCO2)NCCCSc1ccccc1. The molecule has 0 saturated carbocycles. The van der Waals surface area contributed by atoms with Crippen molar-refractivity contribution in [1.82, 2.24) is 10.0 Å². The van der Waals surface area contributed by atoms with Crippen molar-refractivity contribution in [3.8, 4) is 11.5 Å². The molecule has 0 fully saturated rings. The van der Waals surface area contributed by atoms with Crippen LogP contribution in [0, 0.1) is 0 Å². The minimum atomic E-state index is -3.60. The van der Waals surface area contributed by atoms with E-state index < -0.39 is 10.0 Å². The topological polar surface area (TPSA) is 93.7 Å². The molecular weight excluding hydrogens is 448 g/mol. The molecule has 0 aromatic heterocycles. The van der Waals surface area contributed by atoms with E-state index in [1.165, 1.54) is 17.0 Å². The maximum Gasteiger partial charge on any atom is 0.240 e. The van der Waals surface area contributed by atoms with Gasteiger partial charge in [-0.2, -0.15) is 0 Å². The summed E-state index contributed by atoms with van der Waals surface area (Å²) in [4.78, 5) is 13.3. The summed E-state index contributed by atoms with van der Waals surface area (Å²) in [6.45, 7) is 1.87. The molecule has 1 amide bonds. The lowest BCUT2D eigenvalue weighted by molar-refractivity contribution is -0.121. The monoisotopic (exact) mass is 478 g/mol. The Balaban J connectivity index is 1.23. The third-order valence-corrected chi connectivity index (χ3v) is 7.41. The summed E-state index contributed by atoms with van der Waals surface area (Å²) < 4.78 is 38.4. The fourth-order valence-electron chi connectivity index (χ4n) is 3.16. The Morgan fingerprint density at radius 3 is 2.50 bits per heavy atom. The molecule has 2 aromatic carbocycles. The van der Waals surface area contributed by atoms with Crippen LogP contribution in [0.1, 0.15) is 32.1 Å². The van der Waals surface area contributed by atoms with Crippen LogP contribution >= 0.6 is 11.8 Å². The number of hydrogen-bond donors (Lipinski definition) is 2. The fourth-order valence-corrected chi connectivity index (χ4v) is 5.13.